The maximum Gasteiger partial charge on any atom is 0.525 e. The molecule has 1 saturated heterocycles. The van der Waals surface area contributed by atoms with Crippen LogP contribution < -0.4 is 0 Å². The number of ether oxygens (including phenoxy) is 1. The molecule has 0 radical (unpaired) electrons. The highest BCUT2D eigenvalue weighted by atomic mass is 35.5. The molecule has 0 atom stereocenters. The van der Waals surface area contributed by atoms with Crippen molar-refractivity contribution in [2.24, 2.45) is 0 Å². The molecular formula is C19H25BClFO3. The molecule has 2 rings (SSSR count). The minimum atomic E-state index is -1.04. The van der Waals surface area contributed by atoms with Crippen LogP contribution in [0.5, 0.6) is 0 Å². The second-order valence-corrected chi connectivity index (χ2v) is 7.48. The first-order valence-corrected chi connectivity index (χ1v) is 8.74. The predicted octanol–water partition coefficient (Wildman–Crippen LogP) is 5.24. The largest absolute Gasteiger partial charge is 0.525 e. The van der Waals surface area contributed by atoms with Gasteiger partial charge in [0, 0.05) is 5.02 Å². The molecule has 0 unspecified atom stereocenters. The maximum atomic E-state index is 15.3. The third kappa shape index (κ3) is 4.73. The Morgan fingerprint density at radius 2 is 1.92 bits per heavy atom. The summed E-state index contributed by atoms with van der Waals surface area (Å²) in [5, 5.41) is 0.545. The van der Waals surface area contributed by atoms with Crippen molar-refractivity contribution in [3.05, 3.63) is 53.2 Å². The van der Waals surface area contributed by atoms with Crippen LogP contribution in [0, 0.1) is 0 Å². The molecule has 25 heavy (non-hydrogen) atoms. The van der Waals surface area contributed by atoms with Gasteiger partial charge in [0.2, 0.25) is 0 Å². The van der Waals surface area contributed by atoms with E-state index in [4.69, 9.17) is 25.6 Å². The summed E-state index contributed by atoms with van der Waals surface area (Å²) in [4.78, 5) is 0. The molecule has 136 valence electrons. The van der Waals surface area contributed by atoms with Crippen molar-refractivity contribution >= 4 is 24.3 Å². The fourth-order valence-corrected chi connectivity index (χ4v) is 2.70. The van der Waals surface area contributed by atoms with E-state index in [1.165, 1.54) is 0 Å². The van der Waals surface area contributed by atoms with E-state index in [0.29, 0.717) is 35.8 Å². The van der Waals surface area contributed by atoms with Gasteiger partial charge in [-0.15, -0.1) is 6.58 Å². The van der Waals surface area contributed by atoms with E-state index >= 15 is 4.39 Å². The zero-order valence-corrected chi connectivity index (χ0v) is 16.0. The van der Waals surface area contributed by atoms with Crippen LogP contribution in [0.15, 0.2) is 42.6 Å². The van der Waals surface area contributed by atoms with Crippen LogP contribution in [-0.4, -0.2) is 31.5 Å². The summed E-state index contributed by atoms with van der Waals surface area (Å²) in [7, 11) is -1.04. The van der Waals surface area contributed by atoms with Gasteiger partial charge in [-0.3, -0.25) is 0 Å². The van der Waals surface area contributed by atoms with E-state index in [-0.39, 0.29) is 0 Å². The summed E-state index contributed by atoms with van der Waals surface area (Å²) in [5.74, 6) is 0. The van der Waals surface area contributed by atoms with Crippen LogP contribution in [0.4, 0.5) is 4.39 Å². The van der Waals surface area contributed by atoms with Crippen LogP contribution in [0.2, 0.25) is 5.02 Å². The number of rotatable bonds is 7. The lowest BCUT2D eigenvalue weighted by Gasteiger charge is -2.32. The standard InChI is InChI=1S/C19H25BClFO3/c1-6-11-23-12-10-16(14-8-7-9-15(21)13-14)17(22)20-24-18(2,3)19(4,5)25-20/h6-9,13H,1,10-12H2,2-5H3. The van der Waals surface area contributed by atoms with Gasteiger partial charge in [0.1, 0.15) is 5.73 Å². The summed E-state index contributed by atoms with van der Waals surface area (Å²) < 4.78 is 32.4. The Balaban J connectivity index is 2.32. The Bertz CT molecular complexity index is 642. The van der Waals surface area contributed by atoms with Crippen LogP contribution in [-0.2, 0) is 14.0 Å². The lowest BCUT2D eigenvalue weighted by molar-refractivity contribution is 0.00578. The summed E-state index contributed by atoms with van der Waals surface area (Å²) >= 11 is 6.08. The van der Waals surface area contributed by atoms with Gasteiger partial charge >= 0.3 is 7.12 Å². The fourth-order valence-electron chi connectivity index (χ4n) is 2.51. The minimum Gasteiger partial charge on any atom is -0.398 e. The van der Waals surface area contributed by atoms with Crippen LogP contribution >= 0.6 is 11.6 Å². The number of hydrogen-bond acceptors (Lipinski definition) is 3. The van der Waals surface area contributed by atoms with Crippen molar-refractivity contribution in [3.63, 3.8) is 0 Å². The molecule has 1 aliphatic rings. The highest BCUT2D eigenvalue weighted by Crippen LogP contribution is 2.40. The topological polar surface area (TPSA) is 27.7 Å². The molecule has 0 N–H and O–H groups in total. The third-order valence-corrected chi connectivity index (χ3v) is 4.89. The Morgan fingerprint density at radius 1 is 1.28 bits per heavy atom. The zero-order valence-electron chi connectivity index (χ0n) is 15.3. The summed E-state index contributed by atoms with van der Waals surface area (Å²) in [5.41, 5.74) is -0.475. The van der Waals surface area contributed by atoms with Crippen molar-refractivity contribution in [2.75, 3.05) is 13.2 Å². The van der Waals surface area contributed by atoms with E-state index in [0.717, 1.165) is 0 Å². The molecule has 1 heterocycles. The molecule has 0 saturated carbocycles. The first-order chi connectivity index (χ1) is 11.7. The molecule has 0 aliphatic carbocycles. The maximum absolute atomic E-state index is 15.3. The van der Waals surface area contributed by atoms with E-state index < -0.39 is 24.0 Å². The van der Waals surface area contributed by atoms with Gasteiger partial charge in [-0.2, -0.15) is 0 Å². The molecular weight excluding hydrogens is 341 g/mol. The third-order valence-electron chi connectivity index (χ3n) is 4.65. The Kier molecular flexibility index (Phi) is 6.49. The van der Waals surface area contributed by atoms with Crippen LogP contribution in [0.3, 0.4) is 0 Å². The summed E-state index contributed by atoms with van der Waals surface area (Å²) in [6.07, 6.45) is 2.04. The number of benzene rings is 1. The van der Waals surface area contributed by atoms with Crippen LogP contribution in [0.25, 0.3) is 5.57 Å². The number of hydrogen-bond donors (Lipinski definition) is 0. The molecule has 1 aromatic carbocycles. The Labute approximate surface area is 154 Å². The molecule has 1 fully saturated rings. The molecule has 0 spiro atoms. The molecule has 0 amide bonds. The van der Waals surface area contributed by atoms with Crippen LogP contribution in [0.1, 0.15) is 39.7 Å². The smallest absolute Gasteiger partial charge is 0.398 e. The highest BCUT2D eigenvalue weighted by molar-refractivity contribution is 6.55. The van der Waals surface area contributed by atoms with Crippen molar-refractivity contribution in [3.8, 4) is 0 Å². The lowest BCUT2D eigenvalue weighted by Crippen LogP contribution is -2.41. The van der Waals surface area contributed by atoms with Crippen molar-refractivity contribution in [1.29, 1.82) is 0 Å². The highest BCUT2D eigenvalue weighted by Gasteiger charge is 2.53. The summed E-state index contributed by atoms with van der Waals surface area (Å²) in [6, 6.07) is 7.10. The second-order valence-electron chi connectivity index (χ2n) is 7.04. The minimum absolute atomic E-state index is 0.362. The average Bonchev–Trinajstić information content (AvgIpc) is 2.75. The fraction of sp³-hybridized carbons (Fsp3) is 0.474. The molecule has 0 bridgehead atoms. The van der Waals surface area contributed by atoms with Gasteiger partial charge in [0.25, 0.3) is 0 Å². The lowest BCUT2D eigenvalue weighted by atomic mass is 9.82. The van der Waals surface area contributed by atoms with E-state index in [1.54, 1.807) is 24.3 Å². The molecule has 3 nitrogen and oxygen atoms in total. The quantitative estimate of drug-likeness (QED) is 0.375. The predicted molar refractivity (Wildman–Crippen MR) is 101 cm³/mol. The van der Waals surface area contributed by atoms with Gasteiger partial charge in [-0.05, 0) is 57.4 Å². The number of halogens is 2. The van der Waals surface area contributed by atoms with Crippen molar-refractivity contribution in [1.82, 2.24) is 0 Å². The first-order valence-electron chi connectivity index (χ1n) is 8.37. The van der Waals surface area contributed by atoms with Crippen molar-refractivity contribution in [2.45, 2.75) is 45.3 Å². The first kappa shape index (κ1) is 20.2. The van der Waals surface area contributed by atoms with Gasteiger partial charge < -0.3 is 14.0 Å². The SMILES string of the molecule is C=CCOCCC(=C(F)B1OC(C)(C)C(C)(C)O1)c1cccc(Cl)c1. The van der Waals surface area contributed by atoms with Gasteiger partial charge in [-0.25, -0.2) is 4.39 Å². The van der Waals surface area contributed by atoms with E-state index in [9.17, 15) is 0 Å². The summed E-state index contributed by atoms with van der Waals surface area (Å²) in [6.45, 7) is 12.0. The average molecular weight is 367 g/mol. The van der Waals surface area contributed by atoms with E-state index in [2.05, 4.69) is 6.58 Å². The van der Waals surface area contributed by atoms with Gasteiger partial charge in [0.15, 0.2) is 0 Å². The van der Waals surface area contributed by atoms with Gasteiger partial charge in [0.05, 0.1) is 24.4 Å². The molecule has 6 heteroatoms. The van der Waals surface area contributed by atoms with Gasteiger partial charge in [-0.1, -0.05) is 29.8 Å². The normalized spacial score (nSPS) is 19.7. The zero-order chi connectivity index (χ0) is 18.7. The van der Waals surface area contributed by atoms with Crippen molar-refractivity contribution < 1.29 is 18.4 Å². The van der Waals surface area contributed by atoms with E-state index in [1.807, 2.05) is 33.8 Å². The Hall–Kier alpha value is -1.14. The monoisotopic (exact) mass is 366 g/mol. The second kappa shape index (κ2) is 8.04. The molecule has 1 aromatic rings. The molecule has 0 aromatic heterocycles. The Morgan fingerprint density at radius 3 is 2.48 bits per heavy atom. The molecule has 1 aliphatic heterocycles.